The second-order valence-corrected chi connectivity index (χ2v) is 3.96. The van der Waals surface area contributed by atoms with Crippen LogP contribution < -0.4 is 5.73 Å². The van der Waals surface area contributed by atoms with E-state index in [1.54, 1.807) is 11.8 Å². The number of rotatable bonds is 2. The van der Waals surface area contributed by atoms with E-state index in [2.05, 4.69) is 0 Å². The summed E-state index contributed by atoms with van der Waals surface area (Å²) in [6.45, 7) is 1.93. The van der Waals surface area contributed by atoms with Crippen LogP contribution in [0.3, 0.4) is 0 Å². The Balaban J connectivity index is 3.03. The first kappa shape index (κ1) is 9.90. The number of thioether (sulfide) groups is 1. The van der Waals surface area contributed by atoms with E-state index in [-0.39, 0.29) is 6.04 Å². The van der Waals surface area contributed by atoms with Gasteiger partial charge in [0.05, 0.1) is 0 Å². The van der Waals surface area contributed by atoms with E-state index in [1.807, 2.05) is 31.4 Å². The Bertz CT molecular complexity index is 273. The molecule has 0 aliphatic rings. The maximum atomic E-state index is 6.01. The first-order valence-corrected chi connectivity index (χ1v) is 5.34. The number of halogens is 1. The highest BCUT2D eigenvalue weighted by molar-refractivity contribution is 7.98. The van der Waals surface area contributed by atoms with Gasteiger partial charge in [-0.1, -0.05) is 17.7 Å². The molecule has 0 aliphatic carbocycles. The van der Waals surface area contributed by atoms with Gasteiger partial charge in [0, 0.05) is 16.0 Å². The maximum absolute atomic E-state index is 6.01. The van der Waals surface area contributed by atoms with Gasteiger partial charge in [-0.2, -0.15) is 0 Å². The van der Waals surface area contributed by atoms with E-state index in [0.29, 0.717) is 0 Å². The van der Waals surface area contributed by atoms with Gasteiger partial charge >= 0.3 is 0 Å². The van der Waals surface area contributed by atoms with Crippen molar-refractivity contribution in [2.75, 3.05) is 6.26 Å². The van der Waals surface area contributed by atoms with Crippen LogP contribution in [0.1, 0.15) is 18.5 Å². The Morgan fingerprint density at radius 3 is 2.58 bits per heavy atom. The fourth-order valence-corrected chi connectivity index (χ4v) is 1.86. The Morgan fingerprint density at radius 2 is 2.17 bits per heavy atom. The summed E-state index contributed by atoms with van der Waals surface area (Å²) in [6.07, 6.45) is 2.03. The van der Waals surface area contributed by atoms with E-state index in [4.69, 9.17) is 17.3 Å². The molecule has 1 rings (SSSR count). The maximum Gasteiger partial charge on any atom is 0.0464 e. The zero-order valence-electron chi connectivity index (χ0n) is 7.17. The van der Waals surface area contributed by atoms with Crippen LogP contribution in [0.4, 0.5) is 0 Å². The van der Waals surface area contributed by atoms with Gasteiger partial charge in [-0.25, -0.2) is 0 Å². The van der Waals surface area contributed by atoms with E-state index in [9.17, 15) is 0 Å². The predicted molar refractivity (Wildman–Crippen MR) is 55.8 cm³/mol. The molecule has 0 spiro atoms. The van der Waals surface area contributed by atoms with Gasteiger partial charge in [0.15, 0.2) is 0 Å². The average Bonchev–Trinajstić information content (AvgIpc) is 2.03. The van der Waals surface area contributed by atoms with Crippen LogP contribution in [0.2, 0.25) is 5.02 Å². The zero-order chi connectivity index (χ0) is 9.14. The lowest BCUT2D eigenvalue weighted by molar-refractivity contribution is 0.817. The third-order valence-electron chi connectivity index (χ3n) is 1.70. The fraction of sp³-hybridized carbons (Fsp3) is 0.333. The third kappa shape index (κ3) is 2.16. The lowest BCUT2D eigenvalue weighted by atomic mass is 10.1. The monoisotopic (exact) mass is 201 g/mol. The molecular formula is C9H12ClNS. The van der Waals surface area contributed by atoms with Gasteiger partial charge in [-0.3, -0.25) is 0 Å². The molecule has 0 aromatic heterocycles. The van der Waals surface area contributed by atoms with E-state index in [1.165, 1.54) is 4.90 Å². The van der Waals surface area contributed by atoms with Gasteiger partial charge in [0.1, 0.15) is 0 Å². The molecule has 3 heteroatoms. The molecule has 0 aliphatic heterocycles. The second-order valence-electron chi connectivity index (χ2n) is 2.68. The number of hydrogen-bond donors (Lipinski definition) is 1. The molecule has 0 amide bonds. The molecule has 12 heavy (non-hydrogen) atoms. The van der Waals surface area contributed by atoms with Crippen LogP contribution in [-0.2, 0) is 0 Å². The molecule has 0 bridgehead atoms. The van der Waals surface area contributed by atoms with E-state index < -0.39 is 0 Å². The predicted octanol–water partition coefficient (Wildman–Crippen LogP) is 3.08. The van der Waals surface area contributed by atoms with Crippen molar-refractivity contribution in [1.29, 1.82) is 0 Å². The number of hydrogen-bond acceptors (Lipinski definition) is 2. The molecular weight excluding hydrogens is 190 g/mol. The van der Waals surface area contributed by atoms with Crippen molar-refractivity contribution in [3.05, 3.63) is 28.8 Å². The molecule has 0 saturated heterocycles. The summed E-state index contributed by atoms with van der Waals surface area (Å²) in [7, 11) is 0. The van der Waals surface area contributed by atoms with Crippen LogP contribution in [0.25, 0.3) is 0 Å². The minimum Gasteiger partial charge on any atom is -0.324 e. The molecule has 2 N–H and O–H groups in total. The smallest absolute Gasteiger partial charge is 0.0464 e. The lowest BCUT2D eigenvalue weighted by Gasteiger charge is -2.08. The van der Waals surface area contributed by atoms with E-state index in [0.717, 1.165) is 10.6 Å². The molecule has 1 nitrogen and oxygen atoms in total. The molecule has 1 unspecified atom stereocenters. The Hall–Kier alpha value is -0.180. The summed E-state index contributed by atoms with van der Waals surface area (Å²) in [5.41, 5.74) is 6.72. The fourth-order valence-electron chi connectivity index (χ4n) is 1.00. The standard InChI is InChI=1S/C9H12ClNS/c1-6(11)8-4-3-7(12-2)5-9(8)10/h3-6H,11H2,1-2H3. The molecule has 1 aromatic rings. The Labute approximate surface area is 82.3 Å². The molecule has 0 radical (unpaired) electrons. The van der Waals surface area contributed by atoms with Gasteiger partial charge in [-0.05, 0) is 30.9 Å². The van der Waals surface area contributed by atoms with Crippen LogP contribution >= 0.6 is 23.4 Å². The highest BCUT2D eigenvalue weighted by atomic mass is 35.5. The zero-order valence-corrected chi connectivity index (χ0v) is 8.75. The highest BCUT2D eigenvalue weighted by Crippen LogP contribution is 2.26. The molecule has 1 aromatic carbocycles. The van der Waals surface area contributed by atoms with Gasteiger partial charge < -0.3 is 5.73 Å². The summed E-state index contributed by atoms with van der Waals surface area (Å²) in [5.74, 6) is 0. The minimum atomic E-state index is 0.00778. The molecule has 66 valence electrons. The van der Waals surface area contributed by atoms with Crippen molar-refractivity contribution in [2.45, 2.75) is 17.9 Å². The number of nitrogens with two attached hydrogens (primary N) is 1. The Kier molecular flexibility index (Phi) is 3.44. The summed E-state index contributed by atoms with van der Waals surface area (Å²) in [5, 5.41) is 0.761. The molecule has 0 saturated carbocycles. The first-order valence-electron chi connectivity index (χ1n) is 3.74. The van der Waals surface area contributed by atoms with Crippen LogP contribution in [0.15, 0.2) is 23.1 Å². The summed E-state index contributed by atoms with van der Waals surface area (Å²) in [6, 6.07) is 5.98. The largest absolute Gasteiger partial charge is 0.324 e. The summed E-state index contributed by atoms with van der Waals surface area (Å²) in [4.78, 5) is 1.17. The topological polar surface area (TPSA) is 26.0 Å². The molecule has 0 heterocycles. The van der Waals surface area contributed by atoms with Crippen LogP contribution in [0.5, 0.6) is 0 Å². The Morgan fingerprint density at radius 1 is 1.50 bits per heavy atom. The second kappa shape index (κ2) is 4.17. The van der Waals surface area contributed by atoms with Gasteiger partial charge in [0.2, 0.25) is 0 Å². The van der Waals surface area contributed by atoms with Crippen molar-refractivity contribution < 1.29 is 0 Å². The minimum absolute atomic E-state index is 0.00778. The lowest BCUT2D eigenvalue weighted by Crippen LogP contribution is -2.05. The molecule has 0 fully saturated rings. The van der Waals surface area contributed by atoms with Gasteiger partial charge in [0.25, 0.3) is 0 Å². The van der Waals surface area contributed by atoms with Crippen molar-refractivity contribution >= 4 is 23.4 Å². The third-order valence-corrected chi connectivity index (χ3v) is 2.75. The van der Waals surface area contributed by atoms with E-state index >= 15 is 0 Å². The quantitative estimate of drug-likeness (QED) is 0.745. The first-order chi connectivity index (χ1) is 5.65. The SMILES string of the molecule is CSc1ccc(C(C)N)c(Cl)c1. The van der Waals surface area contributed by atoms with Crippen molar-refractivity contribution in [3.63, 3.8) is 0 Å². The molecule has 1 atom stereocenters. The number of benzene rings is 1. The summed E-state index contributed by atoms with van der Waals surface area (Å²) >= 11 is 7.69. The van der Waals surface area contributed by atoms with Crippen molar-refractivity contribution in [1.82, 2.24) is 0 Å². The highest BCUT2D eigenvalue weighted by Gasteiger charge is 2.04. The van der Waals surface area contributed by atoms with Crippen LogP contribution in [-0.4, -0.2) is 6.26 Å². The normalized spacial score (nSPS) is 13.0. The van der Waals surface area contributed by atoms with Crippen LogP contribution in [0, 0.1) is 0 Å². The average molecular weight is 202 g/mol. The summed E-state index contributed by atoms with van der Waals surface area (Å²) < 4.78 is 0. The van der Waals surface area contributed by atoms with Crippen molar-refractivity contribution in [2.24, 2.45) is 5.73 Å². The van der Waals surface area contributed by atoms with Crippen molar-refractivity contribution in [3.8, 4) is 0 Å². The van der Waals surface area contributed by atoms with Gasteiger partial charge in [-0.15, -0.1) is 11.8 Å².